The lowest BCUT2D eigenvalue weighted by atomic mass is 10.2. The lowest BCUT2D eigenvalue weighted by molar-refractivity contribution is -0.384. The minimum absolute atomic E-state index is 0.0238. The van der Waals surface area contributed by atoms with Crippen molar-refractivity contribution in [1.29, 1.82) is 0 Å². The molecule has 19 heavy (non-hydrogen) atoms. The van der Waals surface area contributed by atoms with E-state index in [1.54, 1.807) is 6.07 Å². The highest BCUT2D eigenvalue weighted by molar-refractivity contribution is 6.31. The predicted octanol–water partition coefficient (Wildman–Crippen LogP) is 1.74. The normalized spacial score (nSPS) is 12.4. The van der Waals surface area contributed by atoms with E-state index in [9.17, 15) is 15.2 Å². The first-order valence-electron chi connectivity index (χ1n) is 5.85. The number of hydrogen-bond acceptors (Lipinski definition) is 5. The maximum absolute atomic E-state index is 10.6. The Morgan fingerprint density at radius 3 is 2.89 bits per heavy atom. The van der Waals surface area contributed by atoms with Crippen molar-refractivity contribution in [3.63, 3.8) is 0 Å². The van der Waals surface area contributed by atoms with Gasteiger partial charge in [0, 0.05) is 25.8 Å². The van der Waals surface area contributed by atoms with E-state index in [4.69, 9.17) is 16.3 Å². The Labute approximate surface area is 116 Å². The highest BCUT2D eigenvalue weighted by Gasteiger charge is 2.09. The van der Waals surface area contributed by atoms with Crippen LogP contribution in [0.5, 0.6) is 0 Å². The van der Waals surface area contributed by atoms with Gasteiger partial charge in [0.2, 0.25) is 0 Å². The topological polar surface area (TPSA) is 84.6 Å². The maximum Gasteiger partial charge on any atom is 0.270 e. The van der Waals surface area contributed by atoms with E-state index in [1.165, 1.54) is 19.2 Å². The number of ether oxygens (including phenoxy) is 1. The zero-order valence-electron chi connectivity index (χ0n) is 10.6. The molecule has 1 atom stereocenters. The number of aliphatic hydroxyl groups is 1. The van der Waals surface area contributed by atoms with Gasteiger partial charge in [-0.3, -0.25) is 10.1 Å². The van der Waals surface area contributed by atoms with Gasteiger partial charge in [-0.2, -0.15) is 0 Å². The molecule has 6 nitrogen and oxygen atoms in total. The summed E-state index contributed by atoms with van der Waals surface area (Å²) < 4.78 is 4.81. The van der Waals surface area contributed by atoms with Crippen molar-refractivity contribution in [2.24, 2.45) is 0 Å². The molecule has 0 aliphatic carbocycles. The molecule has 0 spiro atoms. The smallest absolute Gasteiger partial charge is 0.270 e. The van der Waals surface area contributed by atoms with Crippen molar-refractivity contribution < 1.29 is 14.8 Å². The van der Waals surface area contributed by atoms with Crippen LogP contribution in [0.3, 0.4) is 0 Å². The van der Waals surface area contributed by atoms with E-state index in [0.717, 1.165) is 5.56 Å². The lowest BCUT2D eigenvalue weighted by Gasteiger charge is -2.10. The predicted molar refractivity (Wildman–Crippen MR) is 72.3 cm³/mol. The van der Waals surface area contributed by atoms with Crippen LogP contribution in [-0.4, -0.2) is 36.4 Å². The van der Waals surface area contributed by atoms with Crippen molar-refractivity contribution in [3.8, 4) is 0 Å². The average Bonchev–Trinajstić information content (AvgIpc) is 2.36. The van der Waals surface area contributed by atoms with Gasteiger partial charge in [-0.25, -0.2) is 0 Å². The van der Waals surface area contributed by atoms with Crippen molar-refractivity contribution in [1.82, 2.24) is 5.32 Å². The molecule has 1 unspecified atom stereocenters. The summed E-state index contributed by atoms with van der Waals surface area (Å²) in [7, 11) is 1.54. The lowest BCUT2D eigenvalue weighted by Crippen LogP contribution is -2.23. The van der Waals surface area contributed by atoms with Gasteiger partial charge < -0.3 is 15.2 Å². The molecule has 0 saturated heterocycles. The fourth-order valence-corrected chi connectivity index (χ4v) is 1.80. The van der Waals surface area contributed by atoms with Crippen LogP contribution in [0.4, 0.5) is 5.69 Å². The monoisotopic (exact) mass is 288 g/mol. The minimum Gasteiger partial charge on any atom is -0.391 e. The number of benzene rings is 1. The third-order valence-electron chi connectivity index (χ3n) is 2.58. The molecule has 7 heteroatoms. The molecule has 1 rings (SSSR count). The van der Waals surface area contributed by atoms with Gasteiger partial charge in [-0.1, -0.05) is 11.6 Å². The highest BCUT2D eigenvalue weighted by atomic mass is 35.5. The van der Waals surface area contributed by atoms with Gasteiger partial charge >= 0.3 is 0 Å². The number of nitro groups is 1. The summed E-state index contributed by atoms with van der Waals surface area (Å²) in [4.78, 5) is 10.1. The van der Waals surface area contributed by atoms with E-state index in [1.807, 2.05) is 0 Å². The molecule has 0 radical (unpaired) electrons. The van der Waals surface area contributed by atoms with E-state index < -0.39 is 11.0 Å². The van der Waals surface area contributed by atoms with Crippen LogP contribution >= 0.6 is 11.6 Å². The summed E-state index contributed by atoms with van der Waals surface area (Å²) in [6, 6.07) is 4.38. The summed E-state index contributed by atoms with van der Waals surface area (Å²) >= 11 is 5.95. The SMILES string of the molecule is COCC(O)CCNCc1ccc([N+](=O)[O-])cc1Cl. The number of non-ortho nitro benzene ring substituents is 1. The van der Waals surface area contributed by atoms with Gasteiger partial charge in [-0.15, -0.1) is 0 Å². The van der Waals surface area contributed by atoms with Crippen molar-refractivity contribution in [2.45, 2.75) is 19.1 Å². The van der Waals surface area contributed by atoms with Gasteiger partial charge in [0.1, 0.15) is 0 Å². The number of aliphatic hydroxyl groups excluding tert-OH is 1. The quantitative estimate of drug-likeness (QED) is 0.432. The molecule has 0 aromatic heterocycles. The van der Waals surface area contributed by atoms with Crippen LogP contribution in [0, 0.1) is 10.1 Å². The van der Waals surface area contributed by atoms with Gasteiger partial charge in [0.05, 0.1) is 22.7 Å². The summed E-state index contributed by atoms with van der Waals surface area (Å²) in [5.41, 5.74) is 0.762. The molecular weight excluding hydrogens is 272 g/mol. The Kier molecular flexibility index (Phi) is 6.72. The van der Waals surface area contributed by atoms with Crippen molar-refractivity contribution >= 4 is 17.3 Å². The highest BCUT2D eigenvalue weighted by Crippen LogP contribution is 2.22. The Hall–Kier alpha value is -1.21. The fraction of sp³-hybridized carbons (Fsp3) is 0.500. The Balaban J connectivity index is 2.39. The number of rotatable bonds is 8. The second-order valence-electron chi connectivity index (χ2n) is 4.11. The van der Waals surface area contributed by atoms with Crippen molar-refractivity contribution in [2.75, 3.05) is 20.3 Å². The third-order valence-corrected chi connectivity index (χ3v) is 2.93. The molecular formula is C12H17ClN2O4. The molecule has 1 aromatic rings. The molecule has 0 amide bonds. The molecule has 0 fully saturated rings. The Bertz CT molecular complexity index is 428. The summed E-state index contributed by atoms with van der Waals surface area (Å²) in [6.07, 6.45) is 0.0724. The number of nitrogens with one attached hydrogen (secondary N) is 1. The molecule has 0 aliphatic rings. The van der Waals surface area contributed by atoms with Crippen LogP contribution in [0.2, 0.25) is 5.02 Å². The van der Waals surface area contributed by atoms with Gasteiger partial charge in [0.25, 0.3) is 5.69 Å². The van der Waals surface area contributed by atoms with Crippen LogP contribution < -0.4 is 5.32 Å². The molecule has 106 valence electrons. The van der Waals surface area contributed by atoms with Crippen molar-refractivity contribution in [3.05, 3.63) is 38.9 Å². The van der Waals surface area contributed by atoms with Crippen LogP contribution in [0.25, 0.3) is 0 Å². The first kappa shape index (κ1) is 15.8. The van der Waals surface area contributed by atoms with E-state index in [2.05, 4.69) is 5.32 Å². The fourth-order valence-electron chi connectivity index (χ4n) is 1.56. The average molecular weight is 289 g/mol. The number of nitrogens with zero attached hydrogens (tertiary/aromatic N) is 1. The molecule has 0 heterocycles. The number of nitro benzene ring substituents is 1. The van der Waals surface area contributed by atoms with Crippen LogP contribution in [0.1, 0.15) is 12.0 Å². The van der Waals surface area contributed by atoms with E-state index >= 15 is 0 Å². The van der Waals surface area contributed by atoms with E-state index in [-0.39, 0.29) is 5.69 Å². The molecule has 1 aromatic carbocycles. The molecule has 0 bridgehead atoms. The minimum atomic E-state index is -0.496. The van der Waals surface area contributed by atoms with E-state index in [0.29, 0.717) is 31.1 Å². The largest absolute Gasteiger partial charge is 0.391 e. The molecule has 2 N–H and O–H groups in total. The standard InChI is InChI=1S/C12H17ClN2O4/c1-19-8-11(16)4-5-14-7-9-2-3-10(15(17)18)6-12(9)13/h2-3,6,11,14,16H,4-5,7-8H2,1H3. The van der Waals surface area contributed by atoms with Crippen LogP contribution in [-0.2, 0) is 11.3 Å². The zero-order valence-corrected chi connectivity index (χ0v) is 11.4. The summed E-state index contributed by atoms with van der Waals surface area (Å²) in [6.45, 7) is 1.41. The first-order chi connectivity index (χ1) is 9.04. The Morgan fingerprint density at radius 2 is 2.32 bits per heavy atom. The number of methoxy groups -OCH3 is 1. The maximum atomic E-state index is 10.6. The number of halogens is 1. The second-order valence-corrected chi connectivity index (χ2v) is 4.51. The summed E-state index contributed by atoms with van der Waals surface area (Å²) in [5.74, 6) is 0. The van der Waals surface area contributed by atoms with Crippen LogP contribution in [0.15, 0.2) is 18.2 Å². The second kappa shape index (κ2) is 8.06. The molecule has 0 aliphatic heterocycles. The van der Waals surface area contributed by atoms with Gasteiger partial charge in [-0.05, 0) is 24.6 Å². The van der Waals surface area contributed by atoms with Gasteiger partial charge in [0.15, 0.2) is 0 Å². The number of hydrogen-bond donors (Lipinski definition) is 2. The Morgan fingerprint density at radius 1 is 1.58 bits per heavy atom. The first-order valence-corrected chi connectivity index (χ1v) is 6.23. The summed E-state index contributed by atoms with van der Waals surface area (Å²) in [5, 5.41) is 23.5. The molecule has 0 saturated carbocycles. The zero-order chi connectivity index (χ0) is 14.3. The third kappa shape index (κ3) is 5.52.